The van der Waals surface area contributed by atoms with Gasteiger partial charge in [0, 0.05) is 30.2 Å². The van der Waals surface area contributed by atoms with E-state index >= 15 is 0 Å². The molecule has 0 radical (unpaired) electrons. The van der Waals surface area contributed by atoms with Crippen LogP contribution in [0.2, 0.25) is 0 Å². The molecular formula is C21H28N4O3S. The Balaban J connectivity index is 1.66. The summed E-state index contributed by atoms with van der Waals surface area (Å²) in [6, 6.07) is 9.15. The van der Waals surface area contributed by atoms with E-state index in [0.29, 0.717) is 25.3 Å². The average Bonchev–Trinajstić information content (AvgIpc) is 3.14. The molecule has 3 amide bonds. The third-order valence-corrected chi connectivity index (χ3v) is 5.53. The van der Waals surface area contributed by atoms with Crippen molar-refractivity contribution in [1.29, 1.82) is 0 Å². The summed E-state index contributed by atoms with van der Waals surface area (Å²) in [7, 11) is 0. The molecule has 8 heteroatoms. The van der Waals surface area contributed by atoms with Gasteiger partial charge in [0.1, 0.15) is 10.7 Å². The number of anilines is 1. The molecule has 2 aromatic rings. The Labute approximate surface area is 175 Å². The quantitative estimate of drug-likeness (QED) is 0.804. The van der Waals surface area contributed by atoms with Crippen molar-refractivity contribution in [3.05, 3.63) is 46.4 Å². The smallest absolute Gasteiger partial charge is 0.322 e. The number of nitrogens with zero attached hydrogens (tertiary/aromatic N) is 3. The summed E-state index contributed by atoms with van der Waals surface area (Å²) in [6.45, 7) is 9.33. The zero-order valence-corrected chi connectivity index (χ0v) is 18.1. The number of urea groups is 1. The lowest BCUT2D eigenvalue weighted by molar-refractivity contribution is -0.0587. The van der Waals surface area contributed by atoms with Crippen LogP contribution in [0, 0.1) is 0 Å². The summed E-state index contributed by atoms with van der Waals surface area (Å²) in [5, 5.41) is 5.42. The van der Waals surface area contributed by atoms with Crippen LogP contribution in [0.1, 0.15) is 43.2 Å². The first-order valence-electron chi connectivity index (χ1n) is 9.85. The summed E-state index contributed by atoms with van der Waals surface area (Å²) in [6.07, 6.45) is 0.0258. The molecule has 29 heavy (non-hydrogen) atoms. The first-order valence-corrected chi connectivity index (χ1v) is 10.7. The summed E-state index contributed by atoms with van der Waals surface area (Å²) >= 11 is 1.40. The van der Waals surface area contributed by atoms with E-state index in [1.807, 2.05) is 58.0 Å². The molecule has 156 valence electrons. The van der Waals surface area contributed by atoms with Crippen molar-refractivity contribution < 1.29 is 14.3 Å². The Morgan fingerprint density at radius 3 is 2.52 bits per heavy atom. The number of carbonyl (C=O) groups is 2. The number of rotatable bonds is 5. The summed E-state index contributed by atoms with van der Waals surface area (Å²) in [5.41, 5.74) is 1.17. The zero-order chi connectivity index (χ0) is 21.0. The number of aromatic nitrogens is 1. The maximum atomic E-state index is 12.8. The standard InChI is InChI=1S/C21H28N4O3S/c1-14(2)25(21(27)22-17-8-6-5-7-9-17)12-19-23-18(13-29-19)20(26)24-10-15(3)28-16(4)11-24/h5-9,13-16H,10-12H2,1-4H3,(H,22,27). The van der Waals surface area contributed by atoms with E-state index in [1.54, 1.807) is 15.2 Å². The molecule has 0 spiro atoms. The van der Waals surface area contributed by atoms with Crippen molar-refractivity contribution in [3.8, 4) is 0 Å². The molecule has 3 rings (SSSR count). The van der Waals surface area contributed by atoms with Gasteiger partial charge in [-0.1, -0.05) is 18.2 Å². The van der Waals surface area contributed by atoms with Crippen LogP contribution < -0.4 is 5.32 Å². The average molecular weight is 417 g/mol. The van der Waals surface area contributed by atoms with Crippen molar-refractivity contribution in [2.45, 2.75) is 52.5 Å². The number of thiazole rings is 1. The number of morpholine rings is 1. The molecule has 1 aliphatic heterocycles. The van der Waals surface area contributed by atoms with Crippen LogP contribution in [-0.4, -0.2) is 58.1 Å². The van der Waals surface area contributed by atoms with Crippen LogP contribution in [0.4, 0.5) is 10.5 Å². The van der Waals surface area contributed by atoms with Gasteiger partial charge in [-0.3, -0.25) is 4.79 Å². The lowest BCUT2D eigenvalue weighted by Gasteiger charge is -2.34. The molecule has 1 aromatic heterocycles. The highest BCUT2D eigenvalue weighted by molar-refractivity contribution is 7.09. The van der Waals surface area contributed by atoms with Gasteiger partial charge in [0.25, 0.3) is 5.91 Å². The molecule has 7 nitrogen and oxygen atoms in total. The van der Waals surface area contributed by atoms with E-state index in [2.05, 4.69) is 10.3 Å². The van der Waals surface area contributed by atoms with E-state index < -0.39 is 0 Å². The summed E-state index contributed by atoms with van der Waals surface area (Å²) in [5.74, 6) is -0.0839. The molecule has 1 aromatic carbocycles. The van der Waals surface area contributed by atoms with Crippen molar-refractivity contribution >= 4 is 29.0 Å². The highest BCUT2D eigenvalue weighted by Crippen LogP contribution is 2.19. The van der Waals surface area contributed by atoms with Gasteiger partial charge < -0.3 is 19.9 Å². The number of hydrogen-bond acceptors (Lipinski definition) is 5. The zero-order valence-electron chi connectivity index (χ0n) is 17.3. The largest absolute Gasteiger partial charge is 0.372 e. The first kappa shape index (κ1) is 21.3. The Kier molecular flexibility index (Phi) is 6.87. The maximum absolute atomic E-state index is 12.8. The Bertz CT molecular complexity index is 829. The molecule has 1 fully saturated rings. The minimum Gasteiger partial charge on any atom is -0.372 e. The Hall–Kier alpha value is -2.45. The third-order valence-electron chi connectivity index (χ3n) is 4.69. The van der Waals surface area contributed by atoms with Crippen LogP contribution >= 0.6 is 11.3 Å². The number of ether oxygens (including phenoxy) is 1. The number of hydrogen-bond donors (Lipinski definition) is 1. The predicted molar refractivity (Wildman–Crippen MR) is 114 cm³/mol. The fourth-order valence-electron chi connectivity index (χ4n) is 3.34. The van der Waals surface area contributed by atoms with Gasteiger partial charge in [0.05, 0.1) is 18.8 Å². The van der Waals surface area contributed by atoms with Crippen LogP contribution in [0.3, 0.4) is 0 Å². The fourth-order valence-corrected chi connectivity index (χ4v) is 4.10. The number of nitrogens with one attached hydrogen (secondary N) is 1. The lowest BCUT2D eigenvalue weighted by Crippen LogP contribution is -2.48. The normalized spacial score (nSPS) is 19.3. The second-order valence-electron chi connectivity index (χ2n) is 7.61. The van der Waals surface area contributed by atoms with Crippen LogP contribution in [0.5, 0.6) is 0 Å². The molecule has 2 atom stereocenters. The second kappa shape index (κ2) is 9.37. The lowest BCUT2D eigenvalue weighted by atomic mass is 10.2. The number of para-hydroxylation sites is 1. The van der Waals surface area contributed by atoms with Gasteiger partial charge in [-0.15, -0.1) is 11.3 Å². The number of carbonyl (C=O) groups excluding carboxylic acids is 2. The topological polar surface area (TPSA) is 74.8 Å². The molecule has 0 aliphatic carbocycles. The summed E-state index contributed by atoms with van der Waals surface area (Å²) in [4.78, 5) is 33.6. The van der Waals surface area contributed by atoms with Gasteiger partial charge in [-0.2, -0.15) is 0 Å². The molecule has 1 saturated heterocycles. The maximum Gasteiger partial charge on any atom is 0.322 e. The van der Waals surface area contributed by atoms with Crippen LogP contribution in [0.15, 0.2) is 35.7 Å². The van der Waals surface area contributed by atoms with Crippen molar-refractivity contribution in [2.75, 3.05) is 18.4 Å². The molecule has 1 aliphatic rings. The minimum atomic E-state index is -0.190. The fraction of sp³-hybridized carbons (Fsp3) is 0.476. The SMILES string of the molecule is CC1CN(C(=O)c2csc(CN(C(=O)Nc3ccccc3)C(C)C)n2)CC(C)O1. The van der Waals surface area contributed by atoms with E-state index in [9.17, 15) is 9.59 Å². The number of amides is 3. The molecule has 0 saturated carbocycles. The van der Waals surface area contributed by atoms with Gasteiger partial charge >= 0.3 is 6.03 Å². The van der Waals surface area contributed by atoms with Gasteiger partial charge in [-0.05, 0) is 39.8 Å². The van der Waals surface area contributed by atoms with E-state index in [0.717, 1.165) is 10.7 Å². The predicted octanol–water partition coefficient (Wildman–Crippen LogP) is 3.84. The van der Waals surface area contributed by atoms with Crippen LogP contribution in [0.25, 0.3) is 0 Å². The molecule has 1 N–H and O–H groups in total. The summed E-state index contributed by atoms with van der Waals surface area (Å²) < 4.78 is 5.70. The van der Waals surface area contributed by atoms with Gasteiger partial charge in [0.15, 0.2) is 0 Å². The first-order chi connectivity index (χ1) is 13.8. The van der Waals surface area contributed by atoms with Crippen molar-refractivity contribution in [2.24, 2.45) is 0 Å². The highest BCUT2D eigenvalue weighted by atomic mass is 32.1. The molecule has 2 unspecified atom stereocenters. The van der Waals surface area contributed by atoms with E-state index in [-0.39, 0.29) is 30.2 Å². The van der Waals surface area contributed by atoms with Crippen LogP contribution in [-0.2, 0) is 11.3 Å². The molecule has 2 heterocycles. The Morgan fingerprint density at radius 1 is 1.24 bits per heavy atom. The van der Waals surface area contributed by atoms with E-state index in [4.69, 9.17) is 4.74 Å². The van der Waals surface area contributed by atoms with Gasteiger partial charge in [-0.25, -0.2) is 9.78 Å². The highest BCUT2D eigenvalue weighted by Gasteiger charge is 2.28. The van der Waals surface area contributed by atoms with E-state index in [1.165, 1.54) is 11.3 Å². The van der Waals surface area contributed by atoms with Gasteiger partial charge in [0.2, 0.25) is 0 Å². The Morgan fingerprint density at radius 2 is 1.90 bits per heavy atom. The minimum absolute atomic E-state index is 0.0114. The third kappa shape index (κ3) is 5.55. The number of benzene rings is 1. The monoisotopic (exact) mass is 416 g/mol. The van der Waals surface area contributed by atoms with Crippen molar-refractivity contribution in [1.82, 2.24) is 14.8 Å². The second-order valence-corrected chi connectivity index (χ2v) is 8.55. The van der Waals surface area contributed by atoms with Crippen molar-refractivity contribution in [3.63, 3.8) is 0 Å². The molecule has 0 bridgehead atoms. The molecular weight excluding hydrogens is 388 g/mol.